The number of fused-ring (bicyclic) bond motifs is 5. The Kier molecular flexibility index (Phi) is 3.07. The van der Waals surface area contributed by atoms with Crippen LogP contribution < -0.4 is 0 Å². The first kappa shape index (κ1) is 13.6. The maximum absolute atomic E-state index is 2.69. The third-order valence-corrected chi connectivity index (χ3v) is 9.02. The molecule has 0 amide bonds. The van der Waals surface area contributed by atoms with Gasteiger partial charge < -0.3 is 0 Å². The van der Waals surface area contributed by atoms with Crippen molar-refractivity contribution in [1.29, 1.82) is 0 Å². The quantitative estimate of drug-likeness (QED) is 0.545. The molecular weight excluding hydrogens is 240 g/mol. The highest BCUT2D eigenvalue weighted by Gasteiger charge is 2.59. The van der Waals surface area contributed by atoms with Crippen molar-refractivity contribution in [1.82, 2.24) is 0 Å². The highest BCUT2D eigenvalue weighted by molar-refractivity contribution is 5.09. The van der Waals surface area contributed by atoms with Crippen molar-refractivity contribution in [3.8, 4) is 0 Å². The van der Waals surface area contributed by atoms with E-state index in [1.807, 2.05) is 0 Å². The van der Waals surface area contributed by atoms with Crippen LogP contribution in [0.3, 0.4) is 0 Å². The number of rotatable bonds is 1. The van der Waals surface area contributed by atoms with Gasteiger partial charge in [0.25, 0.3) is 0 Å². The minimum Gasteiger partial charge on any atom is -0.0651 e. The van der Waals surface area contributed by atoms with Gasteiger partial charge in [-0.15, -0.1) is 0 Å². The van der Waals surface area contributed by atoms with E-state index in [2.05, 4.69) is 20.8 Å². The minimum atomic E-state index is 0.720. The van der Waals surface area contributed by atoms with Crippen LogP contribution >= 0.6 is 0 Å². The summed E-state index contributed by atoms with van der Waals surface area (Å²) in [6, 6.07) is 0. The highest BCUT2D eigenvalue weighted by Crippen LogP contribution is 2.68. The predicted molar refractivity (Wildman–Crippen MR) is 85.5 cm³/mol. The van der Waals surface area contributed by atoms with Gasteiger partial charge in [0.15, 0.2) is 0 Å². The molecule has 0 aromatic carbocycles. The van der Waals surface area contributed by atoms with Gasteiger partial charge in [-0.05, 0) is 91.8 Å². The van der Waals surface area contributed by atoms with Gasteiger partial charge in [-0.25, -0.2) is 0 Å². The van der Waals surface area contributed by atoms with Crippen molar-refractivity contribution in [3.05, 3.63) is 0 Å². The molecule has 0 aliphatic heterocycles. The second-order valence-electron chi connectivity index (χ2n) is 9.28. The Balaban J connectivity index is 1.64. The lowest BCUT2D eigenvalue weighted by atomic mass is 9.47. The van der Waals surface area contributed by atoms with E-state index in [0.717, 1.165) is 40.4 Å². The molecule has 4 aliphatic carbocycles. The Morgan fingerprint density at radius 3 is 2.40 bits per heavy atom. The highest BCUT2D eigenvalue weighted by atomic mass is 14.6. The molecule has 4 saturated carbocycles. The Hall–Kier alpha value is 0. The summed E-state index contributed by atoms with van der Waals surface area (Å²) in [7, 11) is 0. The van der Waals surface area contributed by atoms with Crippen LogP contribution in [0.25, 0.3) is 0 Å². The molecule has 0 radical (unpaired) electrons. The van der Waals surface area contributed by atoms with E-state index in [9.17, 15) is 0 Å². The molecule has 7 unspecified atom stereocenters. The molecule has 4 rings (SSSR count). The molecule has 0 aromatic rings. The first-order chi connectivity index (χ1) is 9.59. The summed E-state index contributed by atoms with van der Waals surface area (Å²) in [6.07, 6.45) is 15.5. The lowest BCUT2D eigenvalue weighted by Gasteiger charge is -2.57. The second-order valence-corrected chi connectivity index (χ2v) is 9.28. The molecule has 0 aromatic heterocycles. The third kappa shape index (κ3) is 1.60. The largest absolute Gasteiger partial charge is 0.0651 e. The van der Waals surface area contributed by atoms with Gasteiger partial charge in [0, 0.05) is 0 Å². The van der Waals surface area contributed by atoms with Gasteiger partial charge in [-0.3, -0.25) is 0 Å². The van der Waals surface area contributed by atoms with Crippen LogP contribution in [0.5, 0.6) is 0 Å². The molecule has 20 heavy (non-hydrogen) atoms. The molecule has 0 bridgehead atoms. The normalized spacial score (nSPS) is 58.0. The average molecular weight is 274 g/mol. The maximum Gasteiger partial charge on any atom is -0.0266 e. The molecule has 114 valence electrons. The molecular formula is C20H34. The van der Waals surface area contributed by atoms with Gasteiger partial charge >= 0.3 is 0 Å². The topological polar surface area (TPSA) is 0 Å². The lowest BCUT2D eigenvalue weighted by molar-refractivity contribution is -0.0850. The van der Waals surface area contributed by atoms with Gasteiger partial charge in [-0.2, -0.15) is 0 Å². The molecule has 0 saturated heterocycles. The summed E-state index contributed by atoms with van der Waals surface area (Å²) >= 11 is 0. The van der Waals surface area contributed by atoms with E-state index < -0.39 is 0 Å². The zero-order valence-corrected chi connectivity index (χ0v) is 14.0. The summed E-state index contributed by atoms with van der Waals surface area (Å²) in [6.45, 7) is 7.81. The van der Waals surface area contributed by atoms with Crippen LogP contribution in [0, 0.1) is 40.4 Å². The predicted octanol–water partition coefficient (Wildman–Crippen LogP) is 6.06. The van der Waals surface area contributed by atoms with E-state index in [1.54, 1.807) is 51.4 Å². The molecule has 0 N–H and O–H groups in total. The van der Waals surface area contributed by atoms with Crippen molar-refractivity contribution in [2.75, 3.05) is 0 Å². The average Bonchev–Trinajstić information content (AvgIpc) is 2.97. The molecule has 4 fully saturated rings. The first-order valence-corrected chi connectivity index (χ1v) is 9.59. The van der Waals surface area contributed by atoms with Crippen LogP contribution in [0.15, 0.2) is 0 Å². The van der Waals surface area contributed by atoms with Gasteiger partial charge in [0.1, 0.15) is 0 Å². The van der Waals surface area contributed by atoms with E-state index in [1.165, 1.54) is 12.8 Å². The van der Waals surface area contributed by atoms with Gasteiger partial charge in [0.05, 0.1) is 0 Å². The smallest absolute Gasteiger partial charge is 0.0266 e. The molecule has 0 nitrogen and oxygen atoms in total. The van der Waals surface area contributed by atoms with Crippen LogP contribution in [-0.2, 0) is 0 Å². The monoisotopic (exact) mass is 274 g/mol. The zero-order valence-electron chi connectivity index (χ0n) is 14.0. The lowest BCUT2D eigenvalue weighted by Crippen LogP contribution is -2.50. The first-order valence-electron chi connectivity index (χ1n) is 9.59. The Morgan fingerprint density at radius 1 is 0.800 bits per heavy atom. The van der Waals surface area contributed by atoms with Crippen molar-refractivity contribution in [2.24, 2.45) is 40.4 Å². The van der Waals surface area contributed by atoms with Gasteiger partial charge in [-0.1, -0.05) is 33.6 Å². The summed E-state index contributed by atoms with van der Waals surface area (Å²) in [5.74, 6) is 5.42. The summed E-state index contributed by atoms with van der Waals surface area (Å²) in [5, 5.41) is 0. The fraction of sp³-hybridized carbons (Fsp3) is 1.00. The fourth-order valence-electron chi connectivity index (χ4n) is 7.91. The Morgan fingerprint density at radius 2 is 1.60 bits per heavy atom. The van der Waals surface area contributed by atoms with Crippen molar-refractivity contribution < 1.29 is 0 Å². The summed E-state index contributed by atoms with van der Waals surface area (Å²) < 4.78 is 0. The number of hydrogen-bond acceptors (Lipinski definition) is 0. The Labute approximate surface area is 126 Å². The standard InChI is InChI=1S/C20H34/c1-4-14-8-10-17-16-9-7-15-6-5-12-19(15,2)18(16)11-13-20(14,17)3/h14-18H,4-13H2,1-3H3. The zero-order chi connectivity index (χ0) is 14.0. The van der Waals surface area contributed by atoms with Crippen LogP contribution in [0.2, 0.25) is 0 Å². The SMILES string of the molecule is CCC1CCC2C3CCC4CCCC4(C)C3CCC12C. The van der Waals surface area contributed by atoms with Crippen molar-refractivity contribution >= 4 is 0 Å². The van der Waals surface area contributed by atoms with Crippen molar-refractivity contribution in [2.45, 2.75) is 85.0 Å². The molecule has 0 heteroatoms. The fourth-order valence-corrected chi connectivity index (χ4v) is 7.91. The van der Waals surface area contributed by atoms with Crippen molar-refractivity contribution in [3.63, 3.8) is 0 Å². The van der Waals surface area contributed by atoms with Gasteiger partial charge in [0.2, 0.25) is 0 Å². The molecule has 7 atom stereocenters. The minimum absolute atomic E-state index is 0.720. The van der Waals surface area contributed by atoms with Crippen LogP contribution in [-0.4, -0.2) is 0 Å². The second kappa shape index (κ2) is 4.50. The summed E-state index contributed by atoms with van der Waals surface area (Å²) in [5.41, 5.74) is 1.46. The molecule has 0 heterocycles. The van der Waals surface area contributed by atoms with E-state index in [-0.39, 0.29) is 0 Å². The number of hydrogen-bond donors (Lipinski definition) is 0. The maximum atomic E-state index is 2.69. The van der Waals surface area contributed by atoms with Crippen LogP contribution in [0.1, 0.15) is 85.0 Å². The van der Waals surface area contributed by atoms with E-state index in [0.29, 0.717) is 0 Å². The Bertz CT molecular complexity index is 385. The van der Waals surface area contributed by atoms with E-state index in [4.69, 9.17) is 0 Å². The van der Waals surface area contributed by atoms with E-state index >= 15 is 0 Å². The molecule has 0 spiro atoms. The molecule has 4 aliphatic rings. The summed E-state index contributed by atoms with van der Waals surface area (Å²) in [4.78, 5) is 0. The van der Waals surface area contributed by atoms with Crippen LogP contribution in [0.4, 0.5) is 0 Å². The third-order valence-electron chi connectivity index (χ3n) is 9.02.